The topological polar surface area (TPSA) is 70.4 Å². The largest absolute Gasteiger partial charge is 0.466 e. The second kappa shape index (κ2) is 6.67. The predicted molar refractivity (Wildman–Crippen MR) is 59.4 cm³/mol. The summed E-state index contributed by atoms with van der Waals surface area (Å²) in [5.74, 6) is -0.733. The van der Waals surface area contributed by atoms with Crippen LogP contribution in [0.4, 0.5) is 0 Å². The van der Waals surface area contributed by atoms with Crippen molar-refractivity contribution in [3.8, 4) is 0 Å². The molecule has 0 saturated carbocycles. The fourth-order valence-corrected chi connectivity index (χ4v) is 1.24. The lowest BCUT2D eigenvalue weighted by Gasteiger charge is -2.02. The fraction of sp³-hybridized carbons (Fsp3) is 0.545. The SMILES string of the molecule is CCOC(=O)CCn1ccc(C(=O)OCC)n1. The standard InChI is InChI=1S/C11H16N2O4/c1-3-16-10(14)6-8-13-7-5-9(12-13)11(15)17-4-2/h5,7H,3-4,6,8H2,1-2H3. The van der Waals surface area contributed by atoms with Gasteiger partial charge in [-0.05, 0) is 19.9 Å². The Morgan fingerprint density at radius 2 is 2.00 bits per heavy atom. The van der Waals surface area contributed by atoms with Crippen LogP contribution in [0.1, 0.15) is 30.8 Å². The highest BCUT2D eigenvalue weighted by molar-refractivity contribution is 5.86. The van der Waals surface area contributed by atoms with E-state index in [0.717, 1.165) is 0 Å². The lowest BCUT2D eigenvalue weighted by Crippen LogP contribution is -2.11. The first-order valence-corrected chi connectivity index (χ1v) is 5.53. The molecule has 6 nitrogen and oxygen atoms in total. The van der Waals surface area contributed by atoms with Crippen LogP contribution < -0.4 is 0 Å². The number of ether oxygens (including phenoxy) is 2. The first kappa shape index (κ1) is 13.2. The number of aromatic nitrogens is 2. The van der Waals surface area contributed by atoms with Crippen molar-refractivity contribution in [2.24, 2.45) is 0 Å². The number of hydrogen-bond acceptors (Lipinski definition) is 5. The number of carbonyl (C=O) groups is 2. The summed E-state index contributed by atoms with van der Waals surface area (Å²) < 4.78 is 11.1. The monoisotopic (exact) mass is 240 g/mol. The molecule has 1 heterocycles. The molecule has 0 fully saturated rings. The van der Waals surface area contributed by atoms with Crippen LogP contribution in [-0.2, 0) is 20.8 Å². The molecule has 1 aromatic rings. The van der Waals surface area contributed by atoms with Crippen molar-refractivity contribution in [2.45, 2.75) is 26.8 Å². The lowest BCUT2D eigenvalue weighted by molar-refractivity contribution is -0.143. The lowest BCUT2D eigenvalue weighted by atomic mass is 10.4. The Balaban J connectivity index is 2.45. The third-order valence-electron chi connectivity index (χ3n) is 1.98. The van der Waals surface area contributed by atoms with Gasteiger partial charge >= 0.3 is 11.9 Å². The molecular weight excluding hydrogens is 224 g/mol. The minimum absolute atomic E-state index is 0.234. The zero-order valence-electron chi connectivity index (χ0n) is 10.0. The number of esters is 2. The zero-order valence-corrected chi connectivity index (χ0v) is 10.0. The molecule has 17 heavy (non-hydrogen) atoms. The van der Waals surface area contributed by atoms with Gasteiger partial charge in [0.05, 0.1) is 26.2 Å². The van der Waals surface area contributed by atoms with Crippen LogP contribution in [0.3, 0.4) is 0 Å². The summed E-state index contributed by atoms with van der Waals surface area (Å²) >= 11 is 0. The summed E-state index contributed by atoms with van der Waals surface area (Å²) in [5, 5.41) is 4.00. The van der Waals surface area contributed by atoms with Crippen molar-refractivity contribution in [3.05, 3.63) is 18.0 Å². The molecule has 0 unspecified atom stereocenters. The Morgan fingerprint density at radius 1 is 1.29 bits per heavy atom. The van der Waals surface area contributed by atoms with E-state index in [0.29, 0.717) is 19.8 Å². The highest BCUT2D eigenvalue weighted by Crippen LogP contribution is 2.00. The van der Waals surface area contributed by atoms with Crippen LogP contribution in [-0.4, -0.2) is 34.9 Å². The molecule has 1 aromatic heterocycles. The molecule has 0 aromatic carbocycles. The van der Waals surface area contributed by atoms with E-state index in [4.69, 9.17) is 9.47 Å². The van der Waals surface area contributed by atoms with Gasteiger partial charge in [-0.3, -0.25) is 9.48 Å². The summed E-state index contributed by atoms with van der Waals surface area (Å²) in [5.41, 5.74) is 0.246. The molecule has 94 valence electrons. The number of rotatable bonds is 6. The number of aryl methyl sites for hydroxylation is 1. The Hall–Kier alpha value is -1.85. The molecule has 0 aliphatic carbocycles. The summed E-state index contributed by atoms with van der Waals surface area (Å²) in [6.07, 6.45) is 1.86. The summed E-state index contributed by atoms with van der Waals surface area (Å²) in [6, 6.07) is 1.56. The number of nitrogens with zero attached hydrogens (tertiary/aromatic N) is 2. The molecule has 0 bridgehead atoms. The minimum atomic E-state index is -0.456. The van der Waals surface area contributed by atoms with Gasteiger partial charge in [0.1, 0.15) is 0 Å². The molecule has 0 amide bonds. The Labute approximate surface area is 99.5 Å². The van der Waals surface area contributed by atoms with Crippen LogP contribution in [0.25, 0.3) is 0 Å². The molecule has 6 heteroatoms. The second-order valence-electron chi connectivity index (χ2n) is 3.24. The van der Waals surface area contributed by atoms with Crippen LogP contribution in [0.15, 0.2) is 12.3 Å². The predicted octanol–water partition coefficient (Wildman–Crippen LogP) is 1.01. The van der Waals surface area contributed by atoms with Gasteiger partial charge in [0.15, 0.2) is 5.69 Å². The molecule has 0 spiro atoms. The van der Waals surface area contributed by atoms with Crippen molar-refractivity contribution < 1.29 is 19.1 Å². The maximum atomic E-state index is 11.3. The van der Waals surface area contributed by atoms with E-state index in [-0.39, 0.29) is 18.1 Å². The first-order chi connectivity index (χ1) is 8.17. The van der Waals surface area contributed by atoms with Gasteiger partial charge in [0.25, 0.3) is 0 Å². The average molecular weight is 240 g/mol. The maximum absolute atomic E-state index is 11.3. The highest BCUT2D eigenvalue weighted by atomic mass is 16.5. The minimum Gasteiger partial charge on any atom is -0.466 e. The van der Waals surface area contributed by atoms with Crippen LogP contribution in [0.2, 0.25) is 0 Å². The summed E-state index contributed by atoms with van der Waals surface area (Å²) in [4.78, 5) is 22.4. The van der Waals surface area contributed by atoms with Crippen molar-refractivity contribution in [3.63, 3.8) is 0 Å². The van der Waals surface area contributed by atoms with E-state index in [1.54, 1.807) is 26.1 Å². The average Bonchev–Trinajstić information content (AvgIpc) is 2.76. The maximum Gasteiger partial charge on any atom is 0.358 e. The third-order valence-corrected chi connectivity index (χ3v) is 1.98. The summed E-state index contributed by atoms with van der Waals surface area (Å²) in [6.45, 7) is 4.55. The van der Waals surface area contributed by atoms with Crippen molar-refractivity contribution in [1.29, 1.82) is 0 Å². The summed E-state index contributed by atoms with van der Waals surface area (Å²) in [7, 11) is 0. The molecule has 0 atom stereocenters. The van der Waals surface area contributed by atoms with E-state index in [1.165, 1.54) is 4.68 Å². The van der Waals surface area contributed by atoms with Crippen LogP contribution in [0, 0.1) is 0 Å². The Kier molecular flexibility index (Phi) is 5.19. The molecule has 0 radical (unpaired) electrons. The van der Waals surface area contributed by atoms with Gasteiger partial charge in [-0.15, -0.1) is 0 Å². The Bertz CT molecular complexity index is 387. The van der Waals surface area contributed by atoms with Crippen molar-refractivity contribution in [2.75, 3.05) is 13.2 Å². The molecule has 0 aliphatic rings. The van der Waals surface area contributed by atoms with E-state index >= 15 is 0 Å². The van der Waals surface area contributed by atoms with Gasteiger partial charge in [-0.1, -0.05) is 0 Å². The third kappa shape index (κ3) is 4.26. The van der Waals surface area contributed by atoms with Gasteiger partial charge in [-0.2, -0.15) is 5.10 Å². The Morgan fingerprint density at radius 3 is 2.65 bits per heavy atom. The fourth-order valence-electron chi connectivity index (χ4n) is 1.24. The number of carbonyl (C=O) groups excluding carboxylic acids is 2. The van der Waals surface area contributed by atoms with E-state index in [1.807, 2.05) is 0 Å². The molecule has 1 rings (SSSR count). The molecular formula is C11H16N2O4. The van der Waals surface area contributed by atoms with E-state index in [2.05, 4.69) is 5.10 Å². The van der Waals surface area contributed by atoms with Crippen molar-refractivity contribution >= 4 is 11.9 Å². The van der Waals surface area contributed by atoms with Gasteiger partial charge in [0.2, 0.25) is 0 Å². The van der Waals surface area contributed by atoms with Gasteiger partial charge < -0.3 is 9.47 Å². The zero-order chi connectivity index (χ0) is 12.7. The highest BCUT2D eigenvalue weighted by Gasteiger charge is 2.10. The van der Waals surface area contributed by atoms with Crippen molar-refractivity contribution in [1.82, 2.24) is 9.78 Å². The molecule has 0 saturated heterocycles. The van der Waals surface area contributed by atoms with Crippen LogP contribution in [0.5, 0.6) is 0 Å². The first-order valence-electron chi connectivity index (χ1n) is 5.53. The molecule has 0 N–H and O–H groups in total. The van der Waals surface area contributed by atoms with E-state index in [9.17, 15) is 9.59 Å². The molecule has 0 aliphatic heterocycles. The van der Waals surface area contributed by atoms with E-state index < -0.39 is 5.97 Å². The smallest absolute Gasteiger partial charge is 0.358 e. The normalized spacial score (nSPS) is 10.0. The second-order valence-corrected chi connectivity index (χ2v) is 3.24. The quantitative estimate of drug-likeness (QED) is 0.694. The van der Waals surface area contributed by atoms with Crippen LogP contribution >= 0.6 is 0 Å². The number of hydrogen-bond donors (Lipinski definition) is 0. The van der Waals surface area contributed by atoms with Gasteiger partial charge in [-0.25, -0.2) is 4.79 Å². The van der Waals surface area contributed by atoms with Gasteiger partial charge in [0, 0.05) is 6.20 Å².